The zero-order chi connectivity index (χ0) is 14.4. The Morgan fingerprint density at radius 3 is 2.58 bits per heavy atom. The molecule has 1 aliphatic heterocycles. The summed E-state index contributed by atoms with van der Waals surface area (Å²) in [5.41, 5.74) is 0.429. The topological polar surface area (TPSA) is 46.6 Å². The number of carbonyl (C=O) groups is 2. The molecule has 1 aliphatic rings. The van der Waals surface area contributed by atoms with E-state index in [9.17, 15) is 9.59 Å². The van der Waals surface area contributed by atoms with Crippen molar-refractivity contribution in [2.75, 3.05) is 0 Å². The standard InChI is InChI=1S/C13H13BrClNO3/c1-13(2,3)19-12(18)16-6-7-8(14)4-5-9(15)10(7)11(16)17/h4-5H,6H2,1-3H3. The van der Waals surface area contributed by atoms with Crippen LogP contribution in [-0.2, 0) is 11.3 Å². The van der Waals surface area contributed by atoms with E-state index in [0.29, 0.717) is 16.1 Å². The first-order valence-electron chi connectivity index (χ1n) is 5.72. The molecule has 0 atom stereocenters. The lowest BCUT2D eigenvalue weighted by Gasteiger charge is -2.23. The fraction of sp³-hybridized carbons (Fsp3) is 0.385. The lowest BCUT2D eigenvalue weighted by atomic mass is 10.1. The molecule has 2 rings (SSSR count). The number of halogens is 2. The summed E-state index contributed by atoms with van der Waals surface area (Å²) in [7, 11) is 0. The van der Waals surface area contributed by atoms with Crippen molar-refractivity contribution in [3.63, 3.8) is 0 Å². The van der Waals surface area contributed by atoms with Crippen molar-refractivity contribution in [3.05, 3.63) is 32.8 Å². The number of ether oxygens (including phenoxy) is 1. The Hall–Kier alpha value is -1.07. The third-order valence-corrected chi connectivity index (χ3v) is 3.65. The molecule has 0 aromatic heterocycles. The lowest BCUT2D eigenvalue weighted by Crippen LogP contribution is -2.36. The molecule has 2 amide bonds. The van der Waals surface area contributed by atoms with Gasteiger partial charge >= 0.3 is 6.09 Å². The number of nitrogens with zero attached hydrogens (tertiary/aromatic N) is 1. The van der Waals surface area contributed by atoms with Crippen LogP contribution in [0.4, 0.5) is 4.79 Å². The molecule has 4 nitrogen and oxygen atoms in total. The van der Waals surface area contributed by atoms with Crippen LogP contribution in [0.3, 0.4) is 0 Å². The van der Waals surface area contributed by atoms with Gasteiger partial charge in [0.25, 0.3) is 5.91 Å². The van der Waals surface area contributed by atoms with E-state index in [2.05, 4.69) is 15.9 Å². The number of hydrogen-bond donors (Lipinski definition) is 0. The minimum absolute atomic E-state index is 0.171. The molecule has 1 heterocycles. The normalized spacial score (nSPS) is 14.6. The number of hydrogen-bond acceptors (Lipinski definition) is 3. The van der Waals surface area contributed by atoms with E-state index >= 15 is 0 Å². The maximum atomic E-state index is 12.2. The first-order chi connectivity index (χ1) is 8.70. The average Bonchev–Trinajstić information content (AvgIpc) is 2.61. The SMILES string of the molecule is CC(C)(C)OC(=O)N1Cc2c(Br)ccc(Cl)c2C1=O. The Labute approximate surface area is 124 Å². The van der Waals surface area contributed by atoms with Gasteiger partial charge < -0.3 is 4.74 Å². The molecule has 0 radical (unpaired) electrons. The number of fused-ring (bicyclic) bond motifs is 1. The number of carbonyl (C=O) groups excluding carboxylic acids is 2. The molecule has 0 spiro atoms. The number of benzene rings is 1. The zero-order valence-electron chi connectivity index (χ0n) is 10.8. The van der Waals surface area contributed by atoms with Crippen molar-refractivity contribution >= 4 is 39.5 Å². The minimum Gasteiger partial charge on any atom is -0.443 e. The molecule has 0 aliphatic carbocycles. The van der Waals surface area contributed by atoms with Gasteiger partial charge in [0.05, 0.1) is 17.1 Å². The number of rotatable bonds is 0. The smallest absolute Gasteiger partial charge is 0.417 e. The van der Waals surface area contributed by atoms with Crippen LogP contribution in [0.2, 0.25) is 5.02 Å². The maximum Gasteiger partial charge on any atom is 0.417 e. The number of imide groups is 1. The van der Waals surface area contributed by atoms with E-state index < -0.39 is 17.6 Å². The molecule has 0 bridgehead atoms. The van der Waals surface area contributed by atoms with Gasteiger partial charge in [-0.1, -0.05) is 27.5 Å². The minimum atomic E-state index is -0.656. The van der Waals surface area contributed by atoms with Crippen LogP contribution in [0.1, 0.15) is 36.7 Å². The molecule has 102 valence electrons. The fourth-order valence-electron chi connectivity index (χ4n) is 1.81. The summed E-state index contributed by atoms with van der Waals surface area (Å²) in [4.78, 5) is 25.3. The molecular formula is C13H13BrClNO3. The predicted molar refractivity (Wildman–Crippen MR) is 75.3 cm³/mol. The predicted octanol–water partition coefficient (Wildman–Crippen LogP) is 3.99. The van der Waals surface area contributed by atoms with Crippen molar-refractivity contribution in [1.82, 2.24) is 4.90 Å². The van der Waals surface area contributed by atoms with Crippen LogP contribution in [0.15, 0.2) is 16.6 Å². The molecule has 19 heavy (non-hydrogen) atoms. The Kier molecular flexibility index (Phi) is 3.62. The van der Waals surface area contributed by atoms with E-state index in [0.717, 1.165) is 9.37 Å². The van der Waals surface area contributed by atoms with Gasteiger partial charge in [-0.15, -0.1) is 0 Å². The highest BCUT2D eigenvalue weighted by Gasteiger charge is 2.37. The van der Waals surface area contributed by atoms with Gasteiger partial charge in [-0.05, 0) is 32.9 Å². The molecule has 0 saturated carbocycles. The Balaban J connectivity index is 2.32. The van der Waals surface area contributed by atoms with Gasteiger partial charge in [0.15, 0.2) is 0 Å². The summed E-state index contributed by atoms with van der Waals surface area (Å²) in [6, 6.07) is 3.38. The molecule has 1 aromatic rings. The van der Waals surface area contributed by atoms with Crippen LogP contribution < -0.4 is 0 Å². The van der Waals surface area contributed by atoms with Crippen molar-refractivity contribution in [3.8, 4) is 0 Å². The van der Waals surface area contributed by atoms with Crippen molar-refractivity contribution in [2.24, 2.45) is 0 Å². The third kappa shape index (κ3) is 2.77. The van der Waals surface area contributed by atoms with Crippen LogP contribution in [0, 0.1) is 0 Å². The zero-order valence-corrected chi connectivity index (χ0v) is 13.1. The third-order valence-electron chi connectivity index (χ3n) is 2.59. The van der Waals surface area contributed by atoms with E-state index in [4.69, 9.17) is 16.3 Å². The summed E-state index contributed by atoms with van der Waals surface area (Å²) in [5.74, 6) is -0.421. The Morgan fingerprint density at radius 2 is 2.05 bits per heavy atom. The second-order valence-electron chi connectivity index (χ2n) is 5.25. The Bertz CT molecular complexity index is 566. The van der Waals surface area contributed by atoms with Gasteiger partial charge in [-0.2, -0.15) is 0 Å². The van der Waals surface area contributed by atoms with Crippen LogP contribution in [0.25, 0.3) is 0 Å². The van der Waals surface area contributed by atoms with Gasteiger partial charge in [0.1, 0.15) is 5.60 Å². The first kappa shape index (κ1) is 14.3. The summed E-state index contributed by atoms with van der Waals surface area (Å²) in [6.07, 6.45) is -0.656. The fourth-order valence-corrected chi connectivity index (χ4v) is 2.52. The summed E-state index contributed by atoms with van der Waals surface area (Å²) >= 11 is 9.38. The van der Waals surface area contributed by atoms with Gasteiger partial charge in [-0.25, -0.2) is 9.69 Å². The molecular weight excluding hydrogens is 334 g/mol. The molecule has 6 heteroatoms. The summed E-state index contributed by atoms with van der Waals surface area (Å²) < 4.78 is 5.97. The van der Waals surface area contributed by atoms with E-state index in [1.54, 1.807) is 32.9 Å². The molecule has 0 N–H and O–H groups in total. The van der Waals surface area contributed by atoms with Gasteiger partial charge in [0, 0.05) is 10.0 Å². The maximum absolute atomic E-state index is 12.2. The highest BCUT2D eigenvalue weighted by atomic mass is 79.9. The van der Waals surface area contributed by atoms with Crippen LogP contribution in [-0.4, -0.2) is 22.5 Å². The average molecular weight is 347 g/mol. The van der Waals surface area contributed by atoms with Crippen LogP contribution in [0.5, 0.6) is 0 Å². The van der Waals surface area contributed by atoms with Gasteiger partial charge in [-0.3, -0.25) is 4.79 Å². The summed E-state index contributed by atoms with van der Waals surface area (Å²) in [6.45, 7) is 5.43. The second kappa shape index (κ2) is 4.80. The highest BCUT2D eigenvalue weighted by molar-refractivity contribution is 9.10. The van der Waals surface area contributed by atoms with Crippen molar-refractivity contribution in [2.45, 2.75) is 32.9 Å². The molecule has 0 unspecified atom stereocenters. The first-order valence-corrected chi connectivity index (χ1v) is 6.89. The monoisotopic (exact) mass is 345 g/mol. The van der Waals surface area contributed by atoms with Crippen molar-refractivity contribution in [1.29, 1.82) is 0 Å². The Morgan fingerprint density at radius 1 is 1.42 bits per heavy atom. The summed E-state index contributed by atoms with van der Waals surface area (Å²) in [5, 5.41) is 0.342. The quantitative estimate of drug-likeness (QED) is 0.713. The molecule has 0 fully saturated rings. The van der Waals surface area contributed by atoms with Crippen molar-refractivity contribution < 1.29 is 14.3 Å². The largest absolute Gasteiger partial charge is 0.443 e. The van der Waals surface area contributed by atoms with E-state index in [-0.39, 0.29) is 6.54 Å². The molecule has 1 aromatic carbocycles. The van der Waals surface area contributed by atoms with E-state index in [1.165, 1.54) is 0 Å². The van der Waals surface area contributed by atoms with Crippen LogP contribution >= 0.6 is 27.5 Å². The number of amides is 2. The highest BCUT2D eigenvalue weighted by Crippen LogP contribution is 2.35. The van der Waals surface area contributed by atoms with Gasteiger partial charge in [0.2, 0.25) is 0 Å². The van der Waals surface area contributed by atoms with E-state index in [1.807, 2.05) is 0 Å². The molecule has 0 saturated heterocycles. The lowest BCUT2D eigenvalue weighted by molar-refractivity contribution is 0.0248. The second-order valence-corrected chi connectivity index (χ2v) is 6.52.